The summed E-state index contributed by atoms with van der Waals surface area (Å²) in [6.07, 6.45) is 6.98. The molecule has 0 aliphatic carbocycles. The van der Waals surface area contributed by atoms with Crippen LogP contribution in [0.15, 0.2) is 140 Å². The molecule has 0 aliphatic rings. The van der Waals surface area contributed by atoms with Gasteiger partial charge >= 0.3 is 0 Å². The minimum atomic E-state index is -0.654. The Morgan fingerprint density at radius 3 is 1.82 bits per heavy atom. The molecule has 0 spiro atoms. The lowest BCUT2D eigenvalue weighted by Crippen LogP contribution is -2.38. The zero-order valence-electron chi connectivity index (χ0n) is 21.6. The zero-order valence-corrected chi connectivity index (χ0v) is 21.6. The molecule has 0 radical (unpaired) electrons. The fraction of sp³-hybridized carbons (Fsp3) is 0.0571. The van der Waals surface area contributed by atoms with Crippen LogP contribution in [0.5, 0.6) is 0 Å². The third-order valence-electron chi connectivity index (χ3n) is 7.29. The second-order valence-electron chi connectivity index (χ2n) is 9.47. The lowest BCUT2D eigenvalue weighted by molar-refractivity contribution is 0.104. The predicted octanol–water partition coefficient (Wildman–Crippen LogP) is 7.48. The zero-order chi connectivity index (χ0) is 26.7. The van der Waals surface area contributed by atoms with E-state index in [9.17, 15) is 4.79 Å². The van der Waals surface area contributed by atoms with Crippen LogP contribution < -0.4 is 0 Å². The number of carbonyl (C=O) groups is 1. The van der Waals surface area contributed by atoms with Crippen LogP contribution in [-0.4, -0.2) is 20.3 Å². The largest absolute Gasteiger partial charge is 0.316 e. The van der Waals surface area contributed by atoms with E-state index in [2.05, 4.69) is 89.3 Å². The van der Waals surface area contributed by atoms with Crippen molar-refractivity contribution in [1.29, 1.82) is 0 Å². The maximum Gasteiger partial charge on any atom is 0.186 e. The molecule has 39 heavy (non-hydrogen) atoms. The molecule has 2 heterocycles. The smallest absolute Gasteiger partial charge is 0.186 e. The van der Waals surface area contributed by atoms with Gasteiger partial charge in [0, 0.05) is 22.8 Å². The Morgan fingerprint density at radius 2 is 1.23 bits per heavy atom. The van der Waals surface area contributed by atoms with Crippen molar-refractivity contribution in [3.63, 3.8) is 0 Å². The highest BCUT2D eigenvalue weighted by atomic mass is 16.1. The maximum atomic E-state index is 13.3. The number of imidazole rings is 1. The average Bonchev–Trinajstić information content (AvgIpc) is 3.37. The van der Waals surface area contributed by atoms with Gasteiger partial charge in [-0.15, -0.1) is 0 Å². The Morgan fingerprint density at radius 1 is 0.692 bits per heavy atom. The summed E-state index contributed by atoms with van der Waals surface area (Å²) in [4.78, 5) is 22.4. The fourth-order valence-corrected chi connectivity index (χ4v) is 5.44. The van der Waals surface area contributed by atoms with Crippen LogP contribution in [0.3, 0.4) is 0 Å². The minimum Gasteiger partial charge on any atom is -0.316 e. The second kappa shape index (κ2) is 10.3. The molecule has 0 saturated carbocycles. The van der Waals surface area contributed by atoms with Crippen LogP contribution in [0.25, 0.3) is 17.0 Å². The molecule has 0 amide bonds. The van der Waals surface area contributed by atoms with Gasteiger partial charge in [0.2, 0.25) is 0 Å². The number of ketones is 1. The van der Waals surface area contributed by atoms with Crippen molar-refractivity contribution >= 4 is 22.8 Å². The first kappa shape index (κ1) is 24.3. The van der Waals surface area contributed by atoms with E-state index in [1.54, 1.807) is 18.3 Å². The Kier molecular flexibility index (Phi) is 6.44. The molecule has 2 aromatic heterocycles. The molecule has 0 saturated heterocycles. The molecule has 188 valence electrons. The number of carbonyl (C=O) groups excluding carboxylic acids is 1. The number of fused-ring (bicyclic) bond motifs is 1. The van der Waals surface area contributed by atoms with Gasteiger partial charge in [-0.25, -0.2) is 4.98 Å². The Labute approximate surface area is 227 Å². The topological polar surface area (TPSA) is 47.8 Å². The lowest BCUT2D eigenvalue weighted by atomic mass is 9.76. The van der Waals surface area contributed by atoms with Crippen LogP contribution >= 0.6 is 0 Å². The summed E-state index contributed by atoms with van der Waals surface area (Å²) in [5.41, 5.74) is 5.84. The van der Waals surface area contributed by atoms with Gasteiger partial charge in [0.15, 0.2) is 5.78 Å². The fourth-order valence-electron chi connectivity index (χ4n) is 5.44. The van der Waals surface area contributed by atoms with Crippen molar-refractivity contribution in [2.75, 3.05) is 0 Å². The molecule has 6 rings (SSSR count). The average molecular weight is 506 g/mol. The van der Waals surface area contributed by atoms with Gasteiger partial charge in [0.05, 0.1) is 17.5 Å². The molecule has 0 fully saturated rings. The van der Waals surface area contributed by atoms with Crippen molar-refractivity contribution in [3.05, 3.63) is 174 Å². The normalized spacial score (nSPS) is 11.7. The summed E-state index contributed by atoms with van der Waals surface area (Å²) in [5, 5.41) is 0.841. The molecular weight excluding hydrogens is 478 g/mol. The number of rotatable bonds is 7. The highest BCUT2D eigenvalue weighted by Gasteiger charge is 2.39. The molecule has 4 nitrogen and oxygen atoms in total. The van der Waals surface area contributed by atoms with Gasteiger partial charge in [0.1, 0.15) is 5.54 Å². The molecule has 0 unspecified atom stereocenters. The number of aromatic nitrogens is 3. The van der Waals surface area contributed by atoms with E-state index in [1.165, 1.54) is 0 Å². The standard InChI is InChI=1S/C35H27N3O/c1-26-32(21-22-34(39)31-23-24-36-33-20-12-11-19-30(31)33)37-25-38(26)35(27-13-5-2-6-14-27,28-15-7-3-8-16-28)29-17-9-4-10-18-29/h2-25H,1H3/b22-21+. The Hall–Kier alpha value is -5.09. The third-order valence-corrected chi connectivity index (χ3v) is 7.29. The monoisotopic (exact) mass is 505 g/mol. The van der Waals surface area contributed by atoms with Crippen LogP contribution in [0.1, 0.15) is 38.4 Å². The highest BCUT2D eigenvalue weighted by Crippen LogP contribution is 2.42. The van der Waals surface area contributed by atoms with Crippen molar-refractivity contribution in [2.45, 2.75) is 12.5 Å². The lowest BCUT2D eigenvalue weighted by Gasteiger charge is -2.38. The van der Waals surface area contributed by atoms with Gasteiger partial charge in [-0.2, -0.15) is 0 Å². The van der Waals surface area contributed by atoms with Gasteiger partial charge < -0.3 is 4.57 Å². The number of hydrogen-bond acceptors (Lipinski definition) is 3. The van der Waals surface area contributed by atoms with Crippen molar-refractivity contribution in [3.8, 4) is 0 Å². The third kappa shape index (κ3) is 4.26. The van der Waals surface area contributed by atoms with Gasteiger partial charge in [-0.05, 0) is 47.9 Å². The first-order chi connectivity index (χ1) is 19.2. The van der Waals surface area contributed by atoms with Crippen LogP contribution in [-0.2, 0) is 5.54 Å². The highest BCUT2D eigenvalue weighted by molar-refractivity contribution is 6.14. The summed E-state index contributed by atoms with van der Waals surface area (Å²) in [6, 6.07) is 40.9. The summed E-state index contributed by atoms with van der Waals surface area (Å²) >= 11 is 0. The van der Waals surface area contributed by atoms with E-state index in [-0.39, 0.29) is 5.78 Å². The number of benzene rings is 4. The van der Waals surface area contributed by atoms with E-state index >= 15 is 0 Å². The SMILES string of the molecule is Cc1c(/C=C/C(=O)c2ccnc3ccccc23)ncn1C(c1ccccc1)(c1ccccc1)c1ccccc1. The van der Waals surface area contributed by atoms with Crippen molar-refractivity contribution in [2.24, 2.45) is 0 Å². The molecule has 0 N–H and O–H groups in total. The number of nitrogens with zero attached hydrogens (tertiary/aromatic N) is 3. The van der Waals surface area contributed by atoms with E-state index in [0.29, 0.717) is 5.56 Å². The number of pyridine rings is 1. The molecule has 6 aromatic rings. The number of hydrogen-bond donors (Lipinski definition) is 0. The van der Waals surface area contributed by atoms with E-state index in [4.69, 9.17) is 4.98 Å². The maximum absolute atomic E-state index is 13.3. The molecular formula is C35H27N3O. The predicted molar refractivity (Wildman–Crippen MR) is 157 cm³/mol. The van der Waals surface area contributed by atoms with E-state index in [0.717, 1.165) is 39.0 Å². The van der Waals surface area contributed by atoms with Gasteiger partial charge in [-0.1, -0.05) is 109 Å². The quantitative estimate of drug-likeness (QED) is 0.128. The Bertz CT molecular complexity index is 1670. The van der Waals surface area contributed by atoms with Crippen LogP contribution in [0, 0.1) is 6.92 Å². The Balaban J connectivity index is 1.49. The first-order valence-electron chi connectivity index (χ1n) is 13.0. The van der Waals surface area contributed by atoms with Crippen molar-refractivity contribution in [1.82, 2.24) is 14.5 Å². The summed E-state index contributed by atoms with van der Waals surface area (Å²) in [7, 11) is 0. The minimum absolute atomic E-state index is 0.0806. The number of allylic oxidation sites excluding steroid dienone is 1. The van der Waals surface area contributed by atoms with Gasteiger partial charge in [-0.3, -0.25) is 9.78 Å². The van der Waals surface area contributed by atoms with Crippen LogP contribution in [0.4, 0.5) is 0 Å². The summed E-state index contributed by atoms with van der Waals surface area (Å²) in [6.45, 7) is 2.06. The second-order valence-corrected chi connectivity index (χ2v) is 9.47. The molecule has 0 bridgehead atoms. The molecule has 4 aromatic carbocycles. The summed E-state index contributed by atoms with van der Waals surface area (Å²) in [5.74, 6) is -0.0806. The first-order valence-corrected chi connectivity index (χ1v) is 13.0. The van der Waals surface area contributed by atoms with E-state index in [1.807, 2.05) is 54.9 Å². The molecule has 0 aliphatic heterocycles. The molecule has 0 atom stereocenters. The van der Waals surface area contributed by atoms with Crippen LogP contribution in [0.2, 0.25) is 0 Å². The molecule has 4 heteroatoms. The summed E-state index contributed by atoms with van der Waals surface area (Å²) < 4.78 is 2.22. The number of para-hydroxylation sites is 1. The van der Waals surface area contributed by atoms with Crippen molar-refractivity contribution < 1.29 is 4.79 Å². The van der Waals surface area contributed by atoms with E-state index < -0.39 is 5.54 Å². The van der Waals surface area contributed by atoms with Gasteiger partial charge in [0.25, 0.3) is 0 Å².